The lowest BCUT2D eigenvalue weighted by Gasteiger charge is -2.19. The fourth-order valence-electron chi connectivity index (χ4n) is 2.75. The molecule has 0 radical (unpaired) electrons. The highest BCUT2D eigenvalue weighted by Gasteiger charge is 2.27. The number of hydrogen-bond donors (Lipinski definition) is 3. The molecule has 136 valence electrons. The van der Waals surface area contributed by atoms with Gasteiger partial charge < -0.3 is 16.2 Å². The summed E-state index contributed by atoms with van der Waals surface area (Å²) >= 11 is 0. The largest absolute Gasteiger partial charge is 0.507 e. The van der Waals surface area contributed by atoms with Crippen molar-refractivity contribution in [3.63, 3.8) is 0 Å². The minimum absolute atomic E-state index is 0.0576. The number of imide groups is 1. The van der Waals surface area contributed by atoms with Gasteiger partial charge in [-0.1, -0.05) is 24.3 Å². The highest BCUT2D eigenvalue weighted by atomic mass is 16.3. The minimum Gasteiger partial charge on any atom is -0.507 e. The number of nitrogens with zero attached hydrogens (tertiary/aromatic N) is 1. The van der Waals surface area contributed by atoms with Crippen molar-refractivity contribution in [3.8, 4) is 5.75 Å². The summed E-state index contributed by atoms with van der Waals surface area (Å²) in [6.07, 6.45) is 0. The molecule has 0 saturated heterocycles. The monoisotopic (exact) mass is 363 g/mol. The third-order valence-electron chi connectivity index (χ3n) is 4.01. The Kier molecular flexibility index (Phi) is 4.76. The predicted molar refractivity (Wildman–Crippen MR) is 103 cm³/mol. The van der Waals surface area contributed by atoms with Crippen LogP contribution in [0.4, 0.5) is 17.1 Å². The molecule has 7 nitrogen and oxygen atoms in total. The highest BCUT2D eigenvalue weighted by molar-refractivity contribution is 6.48. The maximum Gasteiger partial charge on any atom is 0.323 e. The van der Waals surface area contributed by atoms with Gasteiger partial charge in [-0.2, -0.15) is 0 Å². The number of aromatic hydroxyl groups is 1. The smallest absolute Gasteiger partial charge is 0.323 e. The molecule has 0 aliphatic rings. The first-order chi connectivity index (χ1) is 12.9. The lowest BCUT2D eigenvalue weighted by molar-refractivity contribution is -0.136. The summed E-state index contributed by atoms with van der Waals surface area (Å²) in [6.45, 7) is 1.19. The van der Waals surface area contributed by atoms with E-state index in [4.69, 9.17) is 5.73 Å². The fraction of sp³-hybridized carbons (Fsp3) is 0.0500. The van der Waals surface area contributed by atoms with E-state index in [1.54, 1.807) is 30.3 Å². The van der Waals surface area contributed by atoms with Crippen LogP contribution in [-0.4, -0.2) is 22.8 Å². The summed E-state index contributed by atoms with van der Waals surface area (Å²) in [5.41, 5.74) is 6.68. The number of anilines is 3. The maximum absolute atomic E-state index is 12.6. The number of fused-ring (bicyclic) bond motifs is 1. The number of nitrogen functional groups attached to an aromatic ring is 1. The van der Waals surface area contributed by atoms with Crippen LogP contribution in [0.15, 0.2) is 60.7 Å². The third-order valence-corrected chi connectivity index (χ3v) is 4.01. The van der Waals surface area contributed by atoms with Gasteiger partial charge in [0, 0.05) is 29.1 Å². The Balaban J connectivity index is 1.91. The van der Waals surface area contributed by atoms with Crippen LogP contribution in [0.5, 0.6) is 5.75 Å². The number of carbonyl (C=O) groups is 3. The Morgan fingerprint density at radius 3 is 2.22 bits per heavy atom. The SMILES string of the molecule is CC(=O)N(C(=O)C(=O)Nc1cccc2c(O)cccc12)c1ccc(N)cc1. The summed E-state index contributed by atoms with van der Waals surface area (Å²) in [5, 5.41) is 13.5. The van der Waals surface area contributed by atoms with E-state index in [1.807, 2.05) is 0 Å². The molecule has 4 N–H and O–H groups in total. The average molecular weight is 363 g/mol. The maximum atomic E-state index is 12.6. The second kappa shape index (κ2) is 7.17. The molecule has 0 aromatic heterocycles. The van der Waals surface area contributed by atoms with E-state index in [9.17, 15) is 19.5 Å². The van der Waals surface area contributed by atoms with E-state index in [0.717, 1.165) is 4.90 Å². The normalized spacial score (nSPS) is 10.4. The number of phenols is 1. The molecular formula is C20H17N3O4. The molecule has 0 heterocycles. The van der Waals surface area contributed by atoms with Crippen molar-refractivity contribution in [2.75, 3.05) is 16.0 Å². The van der Waals surface area contributed by atoms with Crippen LogP contribution in [-0.2, 0) is 14.4 Å². The van der Waals surface area contributed by atoms with Crippen molar-refractivity contribution in [3.05, 3.63) is 60.7 Å². The summed E-state index contributed by atoms with van der Waals surface area (Å²) in [4.78, 5) is 37.8. The predicted octanol–water partition coefficient (Wildman–Crippen LogP) is 2.65. The molecule has 0 bridgehead atoms. The van der Waals surface area contributed by atoms with Crippen molar-refractivity contribution in [2.24, 2.45) is 0 Å². The molecule has 27 heavy (non-hydrogen) atoms. The van der Waals surface area contributed by atoms with Crippen molar-refractivity contribution in [2.45, 2.75) is 6.92 Å². The van der Waals surface area contributed by atoms with Crippen molar-refractivity contribution < 1.29 is 19.5 Å². The Hall–Kier alpha value is -3.87. The topological polar surface area (TPSA) is 113 Å². The van der Waals surface area contributed by atoms with Gasteiger partial charge in [0.25, 0.3) is 0 Å². The van der Waals surface area contributed by atoms with Crippen LogP contribution in [0.25, 0.3) is 10.8 Å². The van der Waals surface area contributed by atoms with E-state index < -0.39 is 17.7 Å². The first-order valence-corrected chi connectivity index (χ1v) is 8.10. The Morgan fingerprint density at radius 2 is 1.56 bits per heavy atom. The van der Waals surface area contributed by atoms with Crippen LogP contribution in [0.2, 0.25) is 0 Å². The Labute approximate surface area is 155 Å². The summed E-state index contributed by atoms with van der Waals surface area (Å²) in [5.74, 6) is -2.54. The highest BCUT2D eigenvalue weighted by Crippen LogP contribution is 2.30. The van der Waals surface area contributed by atoms with Gasteiger partial charge in [-0.3, -0.25) is 14.4 Å². The number of benzene rings is 3. The van der Waals surface area contributed by atoms with E-state index in [-0.39, 0.29) is 11.4 Å². The molecular weight excluding hydrogens is 346 g/mol. The molecule has 0 aliphatic heterocycles. The standard InChI is InChI=1S/C20H17N3O4/c1-12(24)23(14-10-8-13(21)9-11-14)20(27)19(26)22-17-6-2-5-16-15(17)4-3-7-18(16)25/h2-11,25H,21H2,1H3,(H,22,26). The molecule has 0 atom stereocenters. The van der Waals surface area contributed by atoms with Gasteiger partial charge in [-0.15, -0.1) is 0 Å². The van der Waals surface area contributed by atoms with E-state index in [0.29, 0.717) is 22.1 Å². The number of amides is 3. The van der Waals surface area contributed by atoms with Gasteiger partial charge in [0.2, 0.25) is 5.91 Å². The molecule has 3 rings (SSSR count). The number of nitrogens with two attached hydrogens (primary N) is 1. The fourth-order valence-corrected chi connectivity index (χ4v) is 2.75. The number of hydrogen-bond acceptors (Lipinski definition) is 5. The van der Waals surface area contributed by atoms with E-state index in [1.165, 1.54) is 37.3 Å². The van der Waals surface area contributed by atoms with Crippen molar-refractivity contribution in [1.29, 1.82) is 0 Å². The zero-order chi connectivity index (χ0) is 19.6. The number of carbonyl (C=O) groups excluding carboxylic acids is 3. The quantitative estimate of drug-likeness (QED) is 0.478. The number of nitrogens with one attached hydrogen (secondary N) is 1. The lowest BCUT2D eigenvalue weighted by atomic mass is 10.1. The molecule has 7 heteroatoms. The average Bonchev–Trinajstić information content (AvgIpc) is 2.64. The van der Waals surface area contributed by atoms with E-state index in [2.05, 4.69) is 5.32 Å². The molecule has 0 unspecified atom stereocenters. The van der Waals surface area contributed by atoms with Gasteiger partial charge in [0.05, 0.1) is 5.69 Å². The second-order valence-electron chi connectivity index (χ2n) is 5.88. The number of phenolic OH excluding ortho intramolecular Hbond substituents is 1. The van der Waals surface area contributed by atoms with Gasteiger partial charge in [0.15, 0.2) is 0 Å². The van der Waals surface area contributed by atoms with Gasteiger partial charge >= 0.3 is 11.8 Å². The van der Waals surface area contributed by atoms with Crippen LogP contribution in [0.3, 0.4) is 0 Å². The Morgan fingerprint density at radius 1 is 0.926 bits per heavy atom. The Bertz CT molecular complexity index is 1040. The number of rotatable bonds is 2. The molecule has 0 fully saturated rings. The molecule has 0 spiro atoms. The molecule has 0 aliphatic carbocycles. The first-order valence-electron chi connectivity index (χ1n) is 8.10. The second-order valence-corrected chi connectivity index (χ2v) is 5.88. The molecule has 3 amide bonds. The first kappa shape index (κ1) is 17.9. The van der Waals surface area contributed by atoms with Crippen molar-refractivity contribution in [1.82, 2.24) is 0 Å². The molecule has 3 aromatic carbocycles. The van der Waals surface area contributed by atoms with E-state index >= 15 is 0 Å². The van der Waals surface area contributed by atoms with Gasteiger partial charge in [-0.05, 0) is 36.4 Å². The summed E-state index contributed by atoms with van der Waals surface area (Å²) in [7, 11) is 0. The van der Waals surface area contributed by atoms with Crippen molar-refractivity contribution >= 4 is 45.6 Å². The van der Waals surface area contributed by atoms with Crippen LogP contribution in [0, 0.1) is 0 Å². The lowest BCUT2D eigenvalue weighted by Crippen LogP contribution is -2.42. The summed E-state index contributed by atoms with van der Waals surface area (Å²) < 4.78 is 0. The zero-order valence-corrected chi connectivity index (χ0v) is 14.5. The zero-order valence-electron chi connectivity index (χ0n) is 14.5. The summed E-state index contributed by atoms with van der Waals surface area (Å²) in [6, 6.07) is 15.8. The van der Waals surface area contributed by atoms with Crippen LogP contribution >= 0.6 is 0 Å². The molecule has 0 saturated carbocycles. The minimum atomic E-state index is -1.02. The third kappa shape index (κ3) is 3.57. The van der Waals surface area contributed by atoms with Crippen LogP contribution in [0.1, 0.15) is 6.92 Å². The van der Waals surface area contributed by atoms with Crippen LogP contribution < -0.4 is 16.0 Å². The van der Waals surface area contributed by atoms with Gasteiger partial charge in [-0.25, -0.2) is 4.90 Å². The molecule has 3 aromatic rings. The van der Waals surface area contributed by atoms with Gasteiger partial charge in [0.1, 0.15) is 5.75 Å².